The van der Waals surface area contributed by atoms with Gasteiger partial charge in [-0.15, -0.1) is 0 Å². The van der Waals surface area contributed by atoms with Crippen molar-refractivity contribution < 1.29 is 13.9 Å². The quantitative estimate of drug-likeness (QED) is 0.607. The van der Waals surface area contributed by atoms with E-state index in [0.717, 1.165) is 5.30 Å². The molecule has 1 aliphatic rings. The minimum absolute atomic E-state index is 0.528. The predicted molar refractivity (Wildman–Crippen MR) is 65.3 cm³/mol. The van der Waals surface area contributed by atoms with Crippen molar-refractivity contribution in [2.75, 3.05) is 27.7 Å². The number of quaternary nitrogens is 1. The zero-order valence-electron chi connectivity index (χ0n) is 10.2. The van der Waals surface area contributed by atoms with Gasteiger partial charge in [0.2, 0.25) is 0 Å². The molecule has 90 valence electrons. The molecule has 0 fully saturated rings. The molecule has 0 spiro atoms. The molecular formula is C11H16N3O2P+2. The van der Waals surface area contributed by atoms with Crippen molar-refractivity contribution in [1.82, 2.24) is 0 Å². The van der Waals surface area contributed by atoms with Gasteiger partial charge in [-0.05, 0) is 17.2 Å². The summed E-state index contributed by atoms with van der Waals surface area (Å²) in [7, 11) is 4.27. The lowest BCUT2D eigenvalue weighted by molar-refractivity contribution is -0.876. The Hall–Kier alpha value is -1.32. The smallest absolute Gasteiger partial charge is 0.322 e. The van der Waals surface area contributed by atoms with Crippen LogP contribution in [0, 0.1) is 0 Å². The Morgan fingerprint density at radius 1 is 1.29 bits per heavy atom. The Morgan fingerprint density at radius 2 is 1.88 bits per heavy atom. The van der Waals surface area contributed by atoms with Gasteiger partial charge in [0.05, 0.1) is 21.1 Å². The Bertz CT molecular complexity index is 456. The van der Waals surface area contributed by atoms with E-state index >= 15 is 0 Å². The van der Waals surface area contributed by atoms with Crippen molar-refractivity contribution in [2.24, 2.45) is 10.4 Å². The van der Waals surface area contributed by atoms with Gasteiger partial charge < -0.3 is 4.48 Å². The van der Waals surface area contributed by atoms with E-state index in [1.807, 2.05) is 51.5 Å². The van der Waals surface area contributed by atoms with Crippen LogP contribution < -0.4 is 5.30 Å². The molecular weight excluding hydrogens is 237 g/mol. The Labute approximate surface area is 101 Å². The average Bonchev–Trinajstić information content (AvgIpc) is 2.23. The van der Waals surface area contributed by atoms with Crippen molar-refractivity contribution in [1.29, 1.82) is 0 Å². The topological polar surface area (TPSA) is 51.0 Å². The summed E-state index contributed by atoms with van der Waals surface area (Å²) in [5, 5.41) is 8.14. The van der Waals surface area contributed by atoms with Crippen molar-refractivity contribution in [2.45, 2.75) is 5.47 Å². The first kappa shape index (κ1) is 12.1. The molecule has 0 saturated carbocycles. The molecule has 2 unspecified atom stereocenters. The minimum Gasteiger partial charge on any atom is -0.322 e. The van der Waals surface area contributed by atoms with E-state index in [1.165, 1.54) is 0 Å². The molecule has 0 aliphatic carbocycles. The SMILES string of the molecule is C[N+](C)(C)CC1([P+](=O)c2ccccc2)N=NO1. The lowest BCUT2D eigenvalue weighted by Gasteiger charge is -2.29. The lowest BCUT2D eigenvalue weighted by atomic mass is 10.4. The summed E-state index contributed by atoms with van der Waals surface area (Å²) in [6.07, 6.45) is 0. The number of likely N-dealkylation sites (N-methyl/N-ethyl adjacent to an activating group) is 1. The molecule has 1 heterocycles. The van der Waals surface area contributed by atoms with Crippen LogP contribution in [-0.4, -0.2) is 37.6 Å². The first-order valence-electron chi connectivity index (χ1n) is 5.36. The van der Waals surface area contributed by atoms with Crippen LogP contribution >= 0.6 is 7.80 Å². The Kier molecular flexibility index (Phi) is 2.98. The second-order valence-electron chi connectivity index (χ2n) is 5.09. The maximum Gasteiger partial charge on any atom is 0.495 e. The molecule has 1 aromatic carbocycles. The van der Waals surface area contributed by atoms with Crippen LogP contribution in [0.25, 0.3) is 0 Å². The normalized spacial score (nSPS) is 23.8. The fourth-order valence-corrected chi connectivity index (χ4v) is 3.35. The molecule has 17 heavy (non-hydrogen) atoms. The third-order valence-electron chi connectivity index (χ3n) is 2.37. The highest BCUT2D eigenvalue weighted by Crippen LogP contribution is 2.46. The van der Waals surface area contributed by atoms with Gasteiger partial charge in [0, 0.05) is 5.28 Å². The molecule has 2 atom stereocenters. The average molecular weight is 253 g/mol. The van der Waals surface area contributed by atoms with Crippen molar-refractivity contribution in [3.63, 3.8) is 0 Å². The molecule has 1 aromatic rings. The largest absolute Gasteiger partial charge is 0.495 e. The van der Waals surface area contributed by atoms with Gasteiger partial charge in [-0.1, -0.05) is 22.8 Å². The van der Waals surface area contributed by atoms with Crippen molar-refractivity contribution in [3.05, 3.63) is 30.3 Å². The minimum atomic E-state index is -1.75. The van der Waals surface area contributed by atoms with Gasteiger partial charge in [0.1, 0.15) is 0 Å². The molecule has 0 radical (unpaired) electrons. The van der Waals surface area contributed by atoms with E-state index in [4.69, 9.17) is 4.84 Å². The number of benzene rings is 1. The number of nitrogens with zero attached hydrogens (tertiary/aromatic N) is 3. The maximum absolute atomic E-state index is 12.5. The number of hydrogen-bond acceptors (Lipinski definition) is 4. The van der Waals surface area contributed by atoms with Crippen LogP contribution in [0.5, 0.6) is 0 Å². The predicted octanol–water partition coefficient (Wildman–Crippen LogP) is 1.90. The van der Waals surface area contributed by atoms with Gasteiger partial charge in [0.25, 0.3) is 0 Å². The van der Waals surface area contributed by atoms with E-state index in [2.05, 4.69) is 10.4 Å². The molecule has 0 amide bonds. The van der Waals surface area contributed by atoms with E-state index in [-0.39, 0.29) is 0 Å². The van der Waals surface area contributed by atoms with E-state index in [0.29, 0.717) is 11.0 Å². The summed E-state index contributed by atoms with van der Waals surface area (Å²) >= 11 is 0. The lowest BCUT2D eigenvalue weighted by Crippen LogP contribution is -2.50. The van der Waals surface area contributed by atoms with Gasteiger partial charge in [-0.3, -0.25) is 4.84 Å². The van der Waals surface area contributed by atoms with Gasteiger partial charge in [-0.2, -0.15) is 0 Å². The van der Waals surface area contributed by atoms with E-state index in [9.17, 15) is 4.57 Å². The summed E-state index contributed by atoms with van der Waals surface area (Å²) in [5.74, 6) is 0. The van der Waals surface area contributed by atoms with Crippen LogP contribution in [0.3, 0.4) is 0 Å². The number of rotatable bonds is 4. The van der Waals surface area contributed by atoms with Crippen molar-refractivity contribution in [3.8, 4) is 0 Å². The Morgan fingerprint density at radius 3 is 2.29 bits per heavy atom. The first-order valence-corrected chi connectivity index (χ1v) is 6.62. The molecule has 0 N–H and O–H groups in total. The van der Waals surface area contributed by atoms with Crippen LogP contribution in [0.4, 0.5) is 0 Å². The second kappa shape index (κ2) is 4.17. The Balaban J connectivity index is 2.26. The molecule has 2 rings (SSSR count). The summed E-state index contributed by atoms with van der Waals surface area (Å²) in [6.45, 7) is 0.528. The fraction of sp³-hybridized carbons (Fsp3) is 0.455. The first-order chi connectivity index (χ1) is 7.93. The molecule has 5 nitrogen and oxygen atoms in total. The molecule has 0 saturated heterocycles. The fourth-order valence-electron chi connectivity index (χ4n) is 1.72. The number of hydrogen-bond donors (Lipinski definition) is 0. The standard InChI is InChI=1S/C11H16N3O2P/c1-14(2,3)9-11(12-13-16-11)17(15)10-7-5-4-6-8-10/h4-8H,9H2,1-3H3/q+2. The summed E-state index contributed by atoms with van der Waals surface area (Å²) < 4.78 is 13.1. The van der Waals surface area contributed by atoms with Crippen LogP contribution in [0.2, 0.25) is 0 Å². The monoisotopic (exact) mass is 253 g/mol. The van der Waals surface area contributed by atoms with Crippen LogP contribution in [0.15, 0.2) is 40.7 Å². The summed E-state index contributed by atoms with van der Waals surface area (Å²) in [4.78, 5) is 5.17. The second-order valence-corrected chi connectivity index (χ2v) is 6.90. The van der Waals surface area contributed by atoms with E-state index in [1.54, 1.807) is 0 Å². The summed E-state index contributed by atoms with van der Waals surface area (Å²) in [6, 6.07) is 9.26. The van der Waals surface area contributed by atoms with Gasteiger partial charge in [0.15, 0.2) is 11.8 Å². The van der Waals surface area contributed by atoms with Gasteiger partial charge in [-0.25, -0.2) is 0 Å². The molecule has 0 bridgehead atoms. The highest BCUT2D eigenvalue weighted by atomic mass is 31.1. The van der Waals surface area contributed by atoms with E-state index < -0.39 is 13.3 Å². The zero-order chi connectivity index (χ0) is 12.5. The van der Waals surface area contributed by atoms with Crippen molar-refractivity contribution >= 4 is 13.1 Å². The van der Waals surface area contributed by atoms with Crippen LogP contribution in [-0.2, 0) is 9.40 Å². The highest BCUT2D eigenvalue weighted by Gasteiger charge is 2.63. The molecule has 0 aromatic heterocycles. The zero-order valence-corrected chi connectivity index (χ0v) is 11.1. The molecule has 1 aliphatic heterocycles. The summed E-state index contributed by atoms with van der Waals surface area (Å²) in [5.41, 5.74) is -0.991. The highest BCUT2D eigenvalue weighted by molar-refractivity contribution is 7.55. The third kappa shape index (κ3) is 2.51. The third-order valence-corrected chi connectivity index (χ3v) is 4.09. The molecule has 6 heteroatoms. The van der Waals surface area contributed by atoms with Crippen LogP contribution in [0.1, 0.15) is 0 Å². The maximum atomic E-state index is 12.5. The van der Waals surface area contributed by atoms with Gasteiger partial charge >= 0.3 is 13.3 Å².